The van der Waals surface area contributed by atoms with Gasteiger partial charge in [0.2, 0.25) is 5.75 Å². The maximum absolute atomic E-state index is 5.53. The molecule has 0 saturated carbocycles. The van der Waals surface area contributed by atoms with Gasteiger partial charge in [-0.25, -0.2) is 0 Å². The Hall–Kier alpha value is -2.51. The summed E-state index contributed by atoms with van der Waals surface area (Å²) < 4.78 is 16.4. The van der Waals surface area contributed by atoms with Gasteiger partial charge in [-0.3, -0.25) is 4.90 Å². The highest BCUT2D eigenvalue weighted by molar-refractivity contribution is 7.80. The molecule has 1 aliphatic heterocycles. The van der Waals surface area contributed by atoms with E-state index in [1.54, 1.807) is 21.3 Å². The number of anilines is 1. The maximum atomic E-state index is 5.53. The Morgan fingerprint density at radius 2 is 1.61 bits per heavy atom. The Morgan fingerprint density at radius 1 is 0.968 bits per heavy atom. The topological polar surface area (TPSA) is 55.0 Å². The molecule has 0 aromatic heterocycles. The summed E-state index contributed by atoms with van der Waals surface area (Å²) in [4.78, 5) is 2.44. The summed E-state index contributed by atoms with van der Waals surface area (Å²) >= 11 is 5.53. The number of thiocarbonyl (C=S) groups is 1. The zero-order valence-electron chi connectivity index (χ0n) is 19.1. The highest BCUT2D eigenvalue weighted by atomic mass is 32.1. The zero-order valence-corrected chi connectivity index (χ0v) is 19.9. The van der Waals surface area contributed by atoms with E-state index in [-0.39, 0.29) is 0 Å². The standard InChI is InChI=1S/C24H33N3O3S/c1-16-6-7-20(12-17(16)2)26-24(31)25-19-8-10-27(11-9-19)15-18-13-21(28-3)23(30-5)22(14-18)29-4/h6-7,12-14,19H,8-11,15H2,1-5H3,(H2,25,26,31). The van der Waals surface area contributed by atoms with Crippen molar-refractivity contribution in [1.82, 2.24) is 10.2 Å². The van der Waals surface area contributed by atoms with Gasteiger partial charge in [0.1, 0.15) is 0 Å². The number of hydrogen-bond acceptors (Lipinski definition) is 5. The molecule has 7 heteroatoms. The zero-order chi connectivity index (χ0) is 22.4. The maximum Gasteiger partial charge on any atom is 0.203 e. The molecular weight excluding hydrogens is 410 g/mol. The average molecular weight is 444 g/mol. The van der Waals surface area contributed by atoms with Crippen molar-refractivity contribution in [2.45, 2.75) is 39.3 Å². The predicted octanol–water partition coefficient (Wildman–Crippen LogP) is 4.28. The van der Waals surface area contributed by atoms with Gasteiger partial charge in [-0.05, 0) is 79.9 Å². The van der Waals surface area contributed by atoms with E-state index in [0.717, 1.165) is 43.7 Å². The largest absolute Gasteiger partial charge is 0.493 e. The van der Waals surface area contributed by atoms with Crippen molar-refractivity contribution in [2.75, 3.05) is 39.7 Å². The van der Waals surface area contributed by atoms with Crippen molar-refractivity contribution < 1.29 is 14.2 Å². The van der Waals surface area contributed by atoms with Crippen LogP contribution in [0.4, 0.5) is 5.69 Å². The molecule has 2 aromatic rings. The molecule has 1 fully saturated rings. The molecule has 168 valence electrons. The molecule has 31 heavy (non-hydrogen) atoms. The van der Waals surface area contributed by atoms with Gasteiger partial charge in [0, 0.05) is 31.4 Å². The quantitative estimate of drug-likeness (QED) is 0.620. The van der Waals surface area contributed by atoms with Gasteiger partial charge >= 0.3 is 0 Å². The molecular formula is C24H33N3O3S. The van der Waals surface area contributed by atoms with Gasteiger partial charge in [-0.1, -0.05) is 6.07 Å². The van der Waals surface area contributed by atoms with Crippen LogP contribution in [0, 0.1) is 13.8 Å². The SMILES string of the molecule is COc1cc(CN2CCC(NC(=S)Nc3ccc(C)c(C)c3)CC2)cc(OC)c1OC. The van der Waals surface area contributed by atoms with Crippen LogP contribution in [0.2, 0.25) is 0 Å². The van der Waals surface area contributed by atoms with Crippen LogP contribution in [0.15, 0.2) is 30.3 Å². The Labute approximate surface area is 190 Å². The molecule has 0 radical (unpaired) electrons. The summed E-state index contributed by atoms with van der Waals surface area (Å²) in [6, 6.07) is 10.7. The number of nitrogens with zero attached hydrogens (tertiary/aromatic N) is 1. The van der Waals surface area contributed by atoms with E-state index in [4.69, 9.17) is 26.4 Å². The highest BCUT2D eigenvalue weighted by Crippen LogP contribution is 2.38. The number of ether oxygens (including phenoxy) is 3. The van der Waals surface area contributed by atoms with Gasteiger partial charge in [0.05, 0.1) is 21.3 Å². The molecule has 0 bridgehead atoms. The molecule has 6 nitrogen and oxygen atoms in total. The molecule has 0 aliphatic carbocycles. The molecule has 1 aliphatic rings. The van der Waals surface area contributed by atoms with Crippen LogP contribution in [0.1, 0.15) is 29.5 Å². The number of methoxy groups -OCH3 is 3. The molecule has 2 N–H and O–H groups in total. The Bertz CT molecular complexity index is 886. The third-order valence-corrected chi connectivity index (χ3v) is 6.04. The van der Waals surface area contributed by atoms with Crippen LogP contribution >= 0.6 is 12.2 Å². The van der Waals surface area contributed by atoms with E-state index in [1.165, 1.54) is 11.1 Å². The summed E-state index contributed by atoms with van der Waals surface area (Å²) in [5.74, 6) is 2.01. The minimum atomic E-state index is 0.378. The third-order valence-electron chi connectivity index (χ3n) is 5.82. The van der Waals surface area contributed by atoms with E-state index in [1.807, 2.05) is 12.1 Å². The van der Waals surface area contributed by atoms with E-state index in [2.05, 4.69) is 47.6 Å². The minimum absolute atomic E-state index is 0.378. The van der Waals surface area contributed by atoms with Gasteiger partial charge in [-0.2, -0.15) is 0 Å². The van der Waals surface area contributed by atoms with Crippen LogP contribution in [-0.4, -0.2) is 50.5 Å². The molecule has 0 unspecified atom stereocenters. The molecule has 3 rings (SSSR count). The third kappa shape index (κ3) is 6.02. The minimum Gasteiger partial charge on any atom is -0.493 e. The number of aryl methyl sites for hydroxylation is 2. The van der Waals surface area contributed by atoms with E-state index < -0.39 is 0 Å². The van der Waals surface area contributed by atoms with Crippen molar-refractivity contribution >= 4 is 23.0 Å². The van der Waals surface area contributed by atoms with Gasteiger partial charge < -0.3 is 24.8 Å². The van der Waals surface area contributed by atoms with Crippen LogP contribution in [0.3, 0.4) is 0 Å². The fourth-order valence-corrected chi connectivity index (χ4v) is 4.18. The molecule has 1 heterocycles. The average Bonchev–Trinajstić information content (AvgIpc) is 2.76. The number of rotatable bonds is 7. The van der Waals surface area contributed by atoms with E-state index in [0.29, 0.717) is 28.4 Å². The smallest absolute Gasteiger partial charge is 0.203 e. The fraction of sp³-hybridized carbons (Fsp3) is 0.458. The van der Waals surface area contributed by atoms with E-state index in [9.17, 15) is 0 Å². The summed E-state index contributed by atoms with van der Waals surface area (Å²) in [6.45, 7) is 7.07. The van der Waals surface area contributed by atoms with Crippen molar-refractivity contribution in [3.8, 4) is 17.2 Å². The van der Waals surface area contributed by atoms with Crippen molar-refractivity contribution in [3.63, 3.8) is 0 Å². The van der Waals surface area contributed by atoms with Crippen LogP contribution in [0.5, 0.6) is 17.2 Å². The molecule has 0 spiro atoms. The van der Waals surface area contributed by atoms with Crippen molar-refractivity contribution in [1.29, 1.82) is 0 Å². The first-order valence-corrected chi connectivity index (χ1v) is 11.0. The first kappa shape index (κ1) is 23.2. The normalized spacial score (nSPS) is 14.7. The lowest BCUT2D eigenvalue weighted by Gasteiger charge is -2.33. The Balaban J connectivity index is 1.51. The Kier molecular flexibility index (Phi) is 7.98. The number of benzene rings is 2. The number of likely N-dealkylation sites (tertiary alicyclic amines) is 1. The summed E-state index contributed by atoms with van der Waals surface area (Å²) in [5, 5.41) is 7.47. The molecule has 2 aromatic carbocycles. The van der Waals surface area contributed by atoms with Crippen LogP contribution in [0.25, 0.3) is 0 Å². The lowest BCUT2D eigenvalue weighted by Crippen LogP contribution is -2.45. The second-order valence-electron chi connectivity index (χ2n) is 7.98. The monoisotopic (exact) mass is 443 g/mol. The first-order chi connectivity index (χ1) is 14.9. The predicted molar refractivity (Wildman–Crippen MR) is 130 cm³/mol. The lowest BCUT2D eigenvalue weighted by molar-refractivity contribution is 0.198. The van der Waals surface area contributed by atoms with Crippen LogP contribution in [-0.2, 0) is 6.54 Å². The second-order valence-corrected chi connectivity index (χ2v) is 8.39. The Morgan fingerprint density at radius 3 is 2.16 bits per heavy atom. The van der Waals surface area contributed by atoms with Gasteiger partial charge in [-0.15, -0.1) is 0 Å². The van der Waals surface area contributed by atoms with Crippen LogP contribution < -0.4 is 24.8 Å². The summed E-state index contributed by atoms with van der Waals surface area (Å²) in [7, 11) is 4.91. The van der Waals surface area contributed by atoms with Gasteiger partial charge in [0.15, 0.2) is 16.6 Å². The van der Waals surface area contributed by atoms with Crippen molar-refractivity contribution in [3.05, 3.63) is 47.0 Å². The fourth-order valence-electron chi connectivity index (χ4n) is 3.89. The first-order valence-electron chi connectivity index (χ1n) is 10.6. The second kappa shape index (κ2) is 10.7. The highest BCUT2D eigenvalue weighted by Gasteiger charge is 2.21. The van der Waals surface area contributed by atoms with E-state index >= 15 is 0 Å². The molecule has 0 amide bonds. The van der Waals surface area contributed by atoms with Gasteiger partial charge in [0.25, 0.3) is 0 Å². The lowest BCUT2D eigenvalue weighted by atomic mass is 10.0. The molecule has 0 atom stereocenters. The summed E-state index contributed by atoms with van der Waals surface area (Å²) in [6.07, 6.45) is 2.08. The number of nitrogens with one attached hydrogen (secondary N) is 2. The number of hydrogen-bond donors (Lipinski definition) is 2. The number of piperidine rings is 1. The van der Waals surface area contributed by atoms with Crippen molar-refractivity contribution in [2.24, 2.45) is 0 Å². The summed E-state index contributed by atoms with van der Waals surface area (Å²) in [5.41, 5.74) is 4.71. The molecule has 1 saturated heterocycles.